The highest BCUT2D eigenvalue weighted by Gasteiger charge is 2.20. The van der Waals surface area contributed by atoms with Crippen LogP contribution in [0.4, 0.5) is 5.69 Å². The molecule has 0 aliphatic heterocycles. The number of hydrogen-bond donors (Lipinski definition) is 1. The molecule has 2 rings (SSSR count). The highest BCUT2D eigenvalue weighted by Crippen LogP contribution is 2.27. The van der Waals surface area contributed by atoms with Gasteiger partial charge in [0.15, 0.2) is 0 Å². The molecule has 1 aromatic carbocycles. The summed E-state index contributed by atoms with van der Waals surface area (Å²) in [7, 11) is 0. The Balaban J connectivity index is 2.11. The van der Waals surface area contributed by atoms with Crippen molar-refractivity contribution in [1.29, 1.82) is 0 Å². The van der Waals surface area contributed by atoms with Crippen LogP contribution >= 0.6 is 0 Å². The van der Waals surface area contributed by atoms with Crippen LogP contribution in [0.2, 0.25) is 0 Å². The maximum Gasteiger partial charge on any atom is 0.0368 e. The number of nitrogens with two attached hydrogens (primary N) is 1. The van der Waals surface area contributed by atoms with Crippen LogP contribution in [0, 0.1) is 0 Å². The highest BCUT2D eigenvalue weighted by molar-refractivity contribution is 5.49. The Morgan fingerprint density at radius 2 is 1.78 bits per heavy atom. The second-order valence-corrected chi connectivity index (χ2v) is 5.46. The molecule has 2 nitrogen and oxygen atoms in total. The summed E-state index contributed by atoms with van der Waals surface area (Å²) in [5.74, 6) is 0. The summed E-state index contributed by atoms with van der Waals surface area (Å²) in [5, 5.41) is 0. The van der Waals surface area contributed by atoms with Crippen LogP contribution in [0.25, 0.3) is 0 Å². The molecule has 1 aliphatic rings. The van der Waals surface area contributed by atoms with Gasteiger partial charge in [-0.05, 0) is 44.4 Å². The van der Waals surface area contributed by atoms with Crippen molar-refractivity contribution in [3.05, 3.63) is 29.8 Å². The maximum absolute atomic E-state index is 5.90. The molecule has 0 amide bonds. The molecule has 1 aromatic rings. The van der Waals surface area contributed by atoms with Crippen LogP contribution < -0.4 is 10.6 Å². The zero-order valence-electron chi connectivity index (χ0n) is 11.7. The molecule has 0 radical (unpaired) electrons. The molecule has 2 N–H and O–H groups in total. The smallest absolute Gasteiger partial charge is 0.0368 e. The number of rotatable bonds is 4. The average Bonchev–Trinajstić information content (AvgIpc) is 2.41. The predicted molar refractivity (Wildman–Crippen MR) is 78.9 cm³/mol. The number of hydrogen-bond acceptors (Lipinski definition) is 2. The first-order valence-corrected chi connectivity index (χ1v) is 7.34. The zero-order chi connectivity index (χ0) is 13.0. The summed E-state index contributed by atoms with van der Waals surface area (Å²) in [5.41, 5.74) is 8.48. The van der Waals surface area contributed by atoms with Crippen LogP contribution in [0.1, 0.15) is 57.6 Å². The van der Waals surface area contributed by atoms with Crippen LogP contribution in [-0.2, 0) is 0 Å². The van der Waals surface area contributed by atoms with E-state index in [-0.39, 0.29) is 6.04 Å². The first kappa shape index (κ1) is 13.4. The molecule has 1 atom stereocenters. The Hall–Kier alpha value is -1.02. The summed E-state index contributed by atoms with van der Waals surface area (Å²) in [6.07, 6.45) is 6.89. The van der Waals surface area contributed by atoms with Gasteiger partial charge in [-0.1, -0.05) is 31.4 Å². The lowest BCUT2D eigenvalue weighted by atomic mass is 9.93. The van der Waals surface area contributed by atoms with Gasteiger partial charge in [-0.15, -0.1) is 0 Å². The maximum atomic E-state index is 5.90. The van der Waals surface area contributed by atoms with Gasteiger partial charge in [0, 0.05) is 24.3 Å². The Morgan fingerprint density at radius 1 is 1.17 bits per heavy atom. The van der Waals surface area contributed by atoms with E-state index in [9.17, 15) is 0 Å². The van der Waals surface area contributed by atoms with Gasteiger partial charge in [-0.25, -0.2) is 0 Å². The SMILES string of the molecule is CCN(c1ccc([C@H](C)N)cc1)C1CCCCC1. The van der Waals surface area contributed by atoms with Crippen LogP contribution in [0.3, 0.4) is 0 Å². The number of nitrogens with zero attached hydrogens (tertiary/aromatic N) is 1. The Bertz CT molecular complexity index is 350. The summed E-state index contributed by atoms with van der Waals surface area (Å²) >= 11 is 0. The molecule has 0 saturated heterocycles. The van der Waals surface area contributed by atoms with E-state index in [0.717, 1.165) is 12.6 Å². The van der Waals surface area contributed by atoms with E-state index in [0.29, 0.717) is 0 Å². The van der Waals surface area contributed by atoms with E-state index < -0.39 is 0 Å². The number of benzene rings is 1. The van der Waals surface area contributed by atoms with Crippen molar-refractivity contribution in [2.45, 2.75) is 58.0 Å². The van der Waals surface area contributed by atoms with Gasteiger partial charge in [0.25, 0.3) is 0 Å². The molecule has 1 saturated carbocycles. The molecule has 0 spiro atoms. The minimum absolute atomic E-state index is 0.129. The molecular weight excluding hydrogens is 220 g/mol. The van der Waals surface area contributed by atoms with Gasteiger partial charge < -0.3 is 10.6 Å². The van der Waals surface area contributed by atoms with Gasteiger partial charge in [-0.2, -0.15) is 0 Å². The van der Waals surface area contributed by atoms with Gasteiger partial charge in [0.2, 0.25) is 0 Å². The molecule has 0 bridgehead atoms. The first-order valence-electron chi connectivity index (χ1n) is 7.34. The van der Waals surface area contributed by atoms with Crippen molar-refractivity contribution in [3.63, 3.8) is 0 Å². The van der Waals surface area contributed by atoms with Crippen LogP contribution in [0.15, 0.2) is 24.3 Å². The van der Waals surface area contributed by atoms with Gasteiger partial charge in [0.1, 0.15) is 0 Å². The lowest BCUT2D eigenvalue weighted by Crippen LogP contribution is -2.36. The van der Waals surface area contributed by atoms with Crippen molar-refractivity contribution < 1.29 is 0 Å². The Morgan fingerprint density at radius 3 is 2.28 bits per heavy atom. The second kappa shape index (κ2) is 6.24. The number of anilines is 1. The van der Waals surface area contributed by atoms with Crippen molar-refractivity contribution in [2.24, 2.45) is 5.73 Å². The normalized spacial score (nSPS) is 18.6. The molecule has 2 heteroatoms. The largest absolute Gasteiger partial charge is 0.369 e. The third kappa shape index (κ3) is 3.05. The molecule has 0 aromatic heterocycles. The summed E-state index contributed by atoms with van der Waals surface area (Å²) in [6, 6.07) is 9.68. The first-order chi connectivity index (χ1) is 8.72. The molecule has 0 heterocycles. The topological polar surface area (TPSA) is 29.3 Å². The summed E-state index contributed by atoms with van der Waals surface area (Å²) in [4.78, 5) is 2.56. The molecule has 18 heavy (non-hydrogen) atoms. The van der Waals surface area contributed by atoms with E-state index in [1.165, 1.54) is 43.4 Å². The zero-order valence-corrected chi connectivity index (χ0v) is 11.7. The lowest BCUT2D eigenvalue weighted by molar-refractivity contribution is 0.418. The van der Waals surface area contributed by atoms with Crippen molar-refractivity contribution in [2.75, 3.05) is 11.4 Å². The van der Waals surface area contributed by atoms with E-state index in [4.69, 9.17) is 5.73 Å². The third-order valence-electron chi connectivity index (χ3n) is 4.11. The lowest BCUT2D eigenvalue weighted by Gasteiger charge is -2.35. The van der Waals surface area contributed by atoms with E-state index >= 15 is 0 Å². The molecule has 1 aliphatic carbocycles. The second-order valence-electron chi connectivity index (χ2n) is 5.46. The van der Waals surface area contributed by atoms with Gasteiger partial charge >= 0.3 is 0 Å². The Kier molecular flexibility index (Phi) is 4.65. The fraction of sp³-hybridized carbons (Fsp3) is 0.625. The Labute approximate surface area is 111 Å². The van der Waals surface area contributed by atoms with Crippen molar-refractivity contribution >= 4 is 5.69 Å². The fourth-order valence-corrected chi connectivity index (χ4v) is 3.01. The van der Waals surface area contributed by atoms with E-state index in [2.05, 4.69) is 36.1 Å². The van der Waals surface area contributed by atoms with E-state index in [1.807, 2.05) is 6.92 Å². The van der Waals surface area contributed by atoms with Gasteiger partial charge in [-0.3, -0.25) is 0 Å². The quantitative estimate of drug-likeness (QED) is 0.874. The summed E-state index contributed by atoms with van der Waals surface area (Å²) < 4.78 is 0. The average molecular weight is 246 g/mol. The van der Waals surface area contributed by atoms with Crippen LogP contribution in [0.5, 0.6) is 0 Å². The molecule has 100 valence electrons. The molecule has 1 fully saturated rings. The van der Waals surface area contributed by atoms with E-state index in [1.54, 1.807) is 0 Å². The standard InChI is InChI=1S/C16H26N2/c1-3-18(15-7-5-4-6-8-15)16-11-9-14(10-12-16)13(2)17/h9-13,15H,3-8,17H2,1-2H3/t13-/m0/s1. The highest BCUT2D eigenvalue weighted by atomic mass is 15.2. The van der Waals surface area contributed by atoms with Gasteiger partial charge in [0.05, 0.1) is 0 Å². The minimum Gasteiger partial charge on any atom is -0.369 e. The summed E-state index contributed by atoms with van der Waals surface area (Å²) in [6.45, 7) is 5.39. The molecular formula is C16H26N2. The van der Waals surface area contributed by atoms with Crippen molar-refractivity contribution in [3.8, 4) is 0 Å². The fourth-order valence-electron chi connectivity index (χ4n) is 3.01. The predicted octanol–water partition coefficient (Wildman–Crippen LogP) is 3.87. The monoisotopic (exact) mass is 246 g/mol. The molecule has 0 unspecified atom stereocenters. The van der Waals surface area contributed by atoms with Crippen LogP contribution in [-0.4, -0.2) is 12.6 Å². The third-order valence-corrected chi connectivity index (χ3v) is 4.11. The minimum atomic E-state index is 0.129. The van der Waals surface area contributed by atoms with Crippen molar-refractivity contribution in [1.82, 2.24) is 0 Å².